The smallest absolute Gasteiger partial charge is 0.269 e. The number of hydrogen-bond donors (Lipinski definition) is 2. The van der Waals surface area contributed by atoms with E-state index in [2.05, 4.69) is 24.7 Å². The first-order valence-electron chi connectivity index (χ1n) is 10.7. The van der Waals surface area contributed by atoms with Crippen molar-refractivity contribution >= 4 is 17.9 Å². The highest BCUT2D eigenvalue weighted by atomic mass is 16.5. The van der Waals surface area contributed by atoms with Crippen LogP contribution < -0.4 is 34.5 Å². The number of nitrogens with one attached hydrogen (secondary N) is 2. The van der Waals surface area contributed by atoms with Crippen molar-refractivity contribution < 1.29 is 33.3 Å². The molecule has 0 radical (unpaired) electrons. The predicted octanol–water partition coefficient (Wildman–Crippen LogP) is 3.62. The van der Waals surface area contributed by atoms with E-state index in [1.54, 1.807) is 30.3 Å². The van der Waals surface area contributed by atoms with Gasteiger partial charge in [-0.3, -0.25) is 20.4 Å². The molecule has 34 heavy (non-hydrogen) atoms. The van der Waals surface area contributed by atoms with Gasteiger partial charge in [0, 0.05) is 23.3 Å². The zero-order chi connectivity index (χ0) is 25.1. The van der Waals surface area contributed by atoms with Gasteiger partial charge in [0.2, 0.25) is 0 Å². The first kappa shape index (κ1) is 26.4. The second-order valence-electron chi connectivity index (χ2n) is 7.62. The molecule has 184 valence electrons. The maximum atomic E-state index is 12.5. The summed E-state index contributed by atoms with van der Waals surface area (Å²) in [6.07, 6.45) is 3.70. The van der Waals surface area contributed by atoms with Crippen molar-refractivity contribution in [3.05, 3.63) is 47.5 Å². The van der Waals surface area contributed by atoms with Crippen molar-refractivity contribution in [2.24, 2.45) is 5.92 Å². The largest absolute Gasteiger partial charge is 0.496 e. The molecule has 0 saturated carbocycles. The van der Waals surface area contributed by atoms with Crippen LogP contribution >= 0.6 is 0 Å². The van der Waals surface area contributed by atoms with Gasteiger partial charge >= 0.3 is 0 Å². The van der Waals surface area contributed by atoms with Gasteiger partial charge in [0.25, 0.3) is 11.8 Å². The predicted molar refractivity (Wildman–Crippen MR) is 129 cm³/mol. The van der Waals surface area contributed by atoms with E-state index in [0.717, 1.165) is 6.42 Å². The molecule has 0 saturated heterocycles. The third-order valence-corrected chi connectivity index (χ3v) is 4.83. The molecule has 2 aromatic rings. The molecular formula is C25H32N2O7. The first-order valence-corrected chi connectivity index (χ1v) is 10.7. The monoisotopic (exact) mass is 472 g/mol. The Kier molecular flexibility index (Phi) is 10.1. The number of methoxy groups -OCH3 is 4. The number of hydrogen-bond acceptors (Lipinski definition) is 7. The van der Waals surface area contributed by atoms with E-state index in [1.165, 1.54) is 40.6 Å². The van der Waals surface area contributed by atoms with Crippen LogP contribution in [0.4, 0.5) is 0 Å². The Hall–Kier alpha value is -3.88. The molecule has 0 aliphatic heterocycles. The highest BCUT2D eigenvalue weighted by Gasteiger charge is 2.13. The topological polar surface area (TPSA) is 104 Å². The molecule has 0 aliphatic rings. The summed E-state index contributed by atoms with van der Waals surface area (Å²) >= 11 is 0. The third-order valence-electron chi connectivity index (χ3n) is 4.83. The number of benzene rings is 2. The van der Waals surface area contributed by atoms with Gasteiger partial charge in [-0.2, -0.15) is 0 Å². The van der Waals surface area contributed by atoms with Crippen LogP contribution in [-0.2, 0) is 4.79 Å². The normalized spacial score (nSPS) is 10.7. The third kappa shape index (κ3) is 7.33. The zero-order valence-corrected chi connectivity index (χ0v) is 20.4. The van der Waals surface area contributed by atoms with Gasteiger partial charge in [-0.05, 0) is 42.7 Å². The molecular weight excluding hydrogens is 440 g/mol. The van der Waals surface area contributed by atoms with E-state index in [0.29, 0.717) is 52.4 Å². The Balaban J connectivity index is 2.01. The minimum atomic E-state index is -0.536. The van der Waals surface area contributed by atoms with E-state index >= 15 is 0 Å². The fourth-order valence-corrected chi connectivity index (χ4v) is 2.91. The fraction of sp³-hybridized carbons (Fsp3) is 0.360. The lowest BCUT2D eigenvalue weighted by Crippen LogP contribution is -2.40. The Labute approximate surface area is 200 Å². The number of carbonyl (C=O) groups is 2. The van der Waals surface area contributed by atoms with Gasteiger partial charge in [0.1, 0.15) is 5.75 Å². The first-order chi connectivity index (χ1) is 16.3. The van der Waals surface area contributed by atoms with Crippen LogP contribution in [0.1, 0.15) is 36.2 Å². The second kappa shape index (κ2) is 13.0. The van der Waals surface area contributed by atoms with Crippen molar-refractivity contribution in [3.8, 4) is 28.7 Å². The van der Waals surface area contributed by atoms with Crippen molar-refractivity contribution in [3.63, 3.8) is 0 Å². The summed E-state index contributed by atoms with van der Waals surface area (Å²) in [4.78, 5) is 24.7. The molecule has 2 amide bonds. The summed E-state index contributed by atoms with van der Waals surface area (Å²) < 4.78 is 26.9. The van der Waals surface area contributed by atoms with Gasteiger partial charge in [0.15, 0.2) is 23.0 Å². The van der Waals surface area contributed by atoms with Gasteiger partial charge in [-0.1, -0.05) is 13.8 Å². The number of ether oxygens (including phenoxy) is 5. The molecule has 0 bridgehead atoms. The van der Waals surface area contributed by atoms with E-state index < -0.39 is 11.8 Å². The summed E-state index contributed by atoms with van der Waals surface area (Å²) in [5.41, 5.74) is 5.62. The summed E-state index contributed by atoms with van der Waals surface area (Å²) in [5.74, 6) is 1.94. The molecule has 0 heterocycles. The summed E-state index contributed by atoms with van der Waals surface area (Å²) in [6.45, 7) is 4.77. The molecule has 0 fully saturated rings. The summed E-state index contributed by atoms with van der Waals surface area (Å²) in [6, 6.07) is 8.15. The van der Waals surface area contributed by atoms with E-state index in [4.69, 9.17) is 23.7 Å². The van der Waals surface area contributed by atoms with Crippen molar-refractivity contribution in [2.75, 3.05) is 35.0 Å². The van der Waals surface area contributed by atoms with Crippen LogP contribution in [0.25, 0.3) is 6.08 Å². The average molecular weight is 473 g/mol. The van der Waals surface area contributed by atoms with Crippen molar-refractivity contribution in [1.82, 2.24) is 10.9 Å². The number of amides is 2. The molecule has 0 aliphatic carbocycles. The second-order valence-corrected chi connectivity index (χ2v) is 7.62. The highest BCUT2D eigenvalue weighted by Crippen LogP contribution is 2.35. The Morgan fingerprint density at radius 1 is 0.824 bits per heavy atom. The standard InChI is InChI=1S/C25H32N2O7/c1-16(2)11-12-34-19-9-7-18(14-21(19)31-4)25(29)27-26-24(28)10-8-17-13-22(32-5)23(33-6)15-20(17)30-3/h7-10,13-16H,11-12H2,1-6H3,(H,26,28)(H,27,29)/b10-8+. The van der Waals surface area contributed by atoms with Crippen LogP contribution in [0.2, 0.25) is 0 Å². The van der Waals surface area contributed by atoms with E-state index in [-0.39, 0.29) is 0 Å². The van der Waals surface area contributed by atoms with Gasteiger partial charge < -0.3 is 23.7 Å². The molecule has 9 nitrogen and oxygen atoms in total. The number of carbonyl (C=O) groups excluding carboxylic acids is 2. The molecule has 2 N–H and O–H groups in total. The van der Waals surface area contributed by atoms with E-state index in [1.807, 2.05) is 0 Å². The zero-order valence-electron chi connectivity index (χ0n) is 20.4. The van der Waals surface area contributed by atoms with Crippen LogP contribution in [0.5, 0.6) is 28.7 Å². The van der Waals surface area contributed by atoms with Crippen LogP contribution in [-0.4, -0.2) is 46.9 Å². The van der Waals surface area contributed by atoms with Gasteiger partial charge in [-0.25, -0.2) is 0 Å². The lowest BCUT2D eigenvalue weighted by molar-refractivity contribution is -0.117. The number of hydrazine groups is 1. The van der Waals surface area contributed by atoms with Crippen LogP contribution in [0.3, 0.4) is 0 Å². The summed E-state index contributed by atoms with van der Waals surface area (Å²) in [5, 5.41) is 0. The molecule has 0 aromatic heterocycles. The lowest BCUT2D eigenvalue weighted by atomic mass is 10.1. The Morgan fingerprint density at radius 3 is 2.06 bits per heavy atom. The molecule has 0 unspecified atom stereocenters. The molecule has 2 rings (SSSR count). The Morgan fingerprint density at radius 2 is 1.44 bits per heavy atom. The van der Waals surface area contributed by atoms with Crippen LogP contribution in [0.15, 0.2) is 36.4 Å². The minimum Gasteiger partial charge on any atom is -0.496 e. The summed E-state index contributed by atoms with van der Waals surface area (Å²) in [7, 11) is 6.04. The van der Waals surface area contributed by atoms with Crippen molar-refractivity contribution in [2.45, 2.75) is 20.3 Å². The van der Waals surface area contributed by atoms with Crippen molar-refractivity contribution in [1.29, 1.82) is 0 Å². The maximum Gasteiger partial charge on any atom is 0.269 e. The highest BCUT2D eigenvalue weighted by molar-refractivity contribution is 5.98. The van der Waals surface area contributed by atoms with Crippen LogP contribution in [0, 0.1) is 5.92 Å². The number of rotatable bonds is 11. The molecule has 0 spiro atoms. The van der Waals surface area contributed by atoms with Gasteiger partial charge in [-0.15, -0.1) is 0 Å². The average Bonchev–Trinajstić information content (AvgIpc) is 2.85. The minimum absolute atomic E-state index is 0.305. The lowest BCUT2D eigenvalue weighted by Gasteiger charge is -2.13. The Bertz CT molecular complexity index is 1020. The van der Waals surface area contributed by atoms with E-state index in [9.17, 15) is 9.59 Å². The van der Waals surface area contributed by atoms with Gasteiger partial charge in [0.05, 0.1) is 35.0 Å². The molecule has 0 atom stereocenters. The maximum absolute atomic E-state index is 12.5. The quantitative estimate of drug-likeness (QED) is 0.380. The SMILES string of the molecule is COc1cc(OC)c(OC)cc1/C=C/C(=O)NNC(=O)c1ccc(OCCC(C)C)c(OC)c1. The molecule has 2 aromatic carbocycles. The fourth-order valence-electron chi connectivity index (χ4n) is 2.91. The molecule has 9 heteroatoms.